The molecule has 0 saturated carbocycles. The number of pyridine rings is 1. The number of aliphatic hydroxyl groups is 1. The number of anilines is 1. The largest absolute Gasteiger partial charge is 0.465 e. The van der Waals surface area contributed by atoms with Crippen LogP contribution in [0.3, 0.4) is 0 Å². The van der Waals surface area contributed by atoms with Gasteiger partial charge < -0.3 is 20.5 Å². The number of esters is 1. The first-order valence-electron chi connectivity index (χ1n) is 11.4. The van der Waals surface area contributed by atoms with Crippen molar-refractivity contribution in [1.82, 2.24) is 10.3 Å². The molecule has 0 spiro atoms. The van der Waals surface area contributed by atoms with Crippen molar-refractivity contribution < 1.29 is 19.4 Å². The summed E-state index contributed by atoms with van der Waals surface area (Å²) in [5.74, 6) is -0.499. The maximum absolute atomic E-state index is 13.2. The molecular weight excluding hydrogens is 442 g/mol. The third kappa shape index (κ3) is 5.31. The quantitative estimate of drug-likeness (QED) is 0.321. The predicted octanol–water partition coefficient (Wildman–Crippen LogP) is 5.25. The van der Waals surface area contributed by atoms with Crippen LogP contribution >= 0.6 is 0 Å². The minimum atomic E-state index is -0.614. The van der Waals surface area contributed by atoms with Crippen LogP contribution in [0.15, 0.2) is 78.9 Å². The Morgan fingerprint density at radius 3 is 2.26 bits per heavy atom. The van der Waals surface area contributed by atoms with Gasteiger partial charge in [-0.25, -0.2) is 14.6 Å². The zero-order valence-electron chi connectivity index (χ0n) is 19.6. The van der Waals surface area contributed by atoms with Gasteiger partial charge in [-0.15, -0.1) is 0 Å². The smallest absolute Gasteiger partial charge is 0.339 e. The summed E-state index contributed by atoms with van der Waals surface area (Å²) >= 11 is 0. The Kier molecular flexibility index (Phi) is 7.38. The average Bonchev–Trinajstić information content (AvgIpc) is 2.91. The molecular formula is C28H27N3O4. The summed E-state index contributed by atoms with van der Waals surface area (Å²) in [6.07, 6.45) is -0.0755. The normalized spacial score (nSPS) is 11.6. The lowest BCUT2D eigenvalue weighted by atomic mass is 9.91. The summed E-state index contributed by atoms with van der Waals surface area (Å²) in [6, 6.07) is 24.0. The zero-order chi connectivity index (χ0) is 24.8. The molecule has 4 rings (SSSR count). The molecule has 0 aliphatic rings. The Labute approximate surface area is 203 Å². The van der Waals surface area contributed by atoms with Gasteiger partial charge in [0.2, 0.25) is 0 Å². The number of amides is 2. The van der Waals surface area contributed by atoms with Gasteiger partial charge in [-0.3, -0.25) is 0 Å². The maximum atomic E-state index is 13.2. The molecule has 35 heavy (non-hydrogen) atoms. The number of nitrogens with one attached hydrogen (secondary N) is 2. The summed E-state index contributed by atoms with van der Waals surface area (Å²) < 4.78 is 5.20. The first kappa shape index (κ1) is 23.9. The van der Waals surface area contributed by atoms with E-state index in [9.17, 15) is 14.7 Å². The molecule has 0 saturated heterocycles. The highest BCUT2D eigenvalue weighted by Crippen LogP contribution is 2.38. The van der Waals surface area contributed by atoms with Crippen molar-refractivity contribution >= 4 is 28.6 Å². The monoisotopic (exact) mass is 469 g/mol. The second-order valence-corrected chi connectivity index (χ2v) is 8.06. The maximum Gasteiger partial charge on any atom is 0.339 e. The summed E-state index contributed by atoms with van der Waals surface area (Å²) in [7, 11) is 1.35. The number of benzene rings is 3. The summed E-state index contributed by atoms with van der Waals surface area (Å²) in [5, 5.41) is 15.7. The van der Waals surface area contributed by atoms with Crippen molar-refractivity contribution in [1.29, 1.82) is 0 Å². The number of carbonyl (C=O) groups excluding carboxylic acids is 2. The van der Waals surface area contributed by atoms with E-state index in [4.69, 9.17) is 9.72 Å². The molecule has 3 N–H and O–H groups in total. The van der Waals surface area contributed by atoms with Crippen LogP contribution in [0.5, 0.6) is 0 Å². The molecule has 1 atom stereocenters. The molecule has 0 radical (unpaired) electrons. The van der Waals surface area contributed by atoms with Gasteiger partial charge in [0.25, 0.3) is 0 Å². The minimum Gasteiger partial charge on any atom is -0.465 e. The van der Waals surface area contributed by atoms with E-state index in [1.54, 1.807) is 18.2 Å². The molecule has 0 bridgehead atoms. The number of hydrogen-bond donors (Lipinski definition) is 3. The molecule has 0 aliphatic carbocycles. The molecule has 7 nitrogen and oxygen atoms in total. The zero-order valence-corrected chi connectivity index (χ0v) is 19.6. The first-order valence-corrected chi connectivity index (χ1v) is 11.4. The van der Waals surface area contributed by atoms with Gasteiger partial charge in [-0.05, 0) is 30.2 Å². The van der Waals surface area contributed by atoms with Crippen LogP contribution < -0.4 is 10.6 Å². The number of ether oxygens (including phenoxy) is 1. The van der Waals surface area contributed by atoms with Crippen LogP contribution in [-0.4, -0.2) is 41.8 Å². The SMILES string of the molecule is CCC(O)CNC(=O)Nc1ccc2nc(-c3ccccc3)c(-c3ccccc3)c(C(=O)OC)c2c1. The van der Waals surface area contributed by atoms with Gasteiger partial charge in [0, 0.05) is 28.7 Å². The van der Waals surface area contributed by atoms with E-state index < -0.39 is 18.1 Å². The Balaban J connectivity index is 1.89. The van der Waals surface area contributed by atoms with Crippen LogP contribution in [-0.2, 0) is 4.74 Å². The molecule has 0 aliphatic heterocycles. The molecule has 2 amide bonds. The van der Waals surface area contributed by atoms with Crippen molar-refractivity contribution in [3.63, 3.8) is 0 Å². The second-order valence-electron chi connectivity index (χ2n) is 8.06. The molecule has 3 aromatic carbocycles. The Morgan fingerprint density at radius 2 is 1.63 bits per heavy atom. The number of aliphatic hydroxyl groups excluding tert-OH is 1. The van der Waals surface area contributed by atoms with Crippen LogP contribution in [0.1, 0.15) is 23.7 Å². The van der Waals surface area contributed by atoms with E-state index in [-0.39, 0.29) is 6.54 Å². The summed E-state index contributed by atoms with van der Waals surface area (Å²) in [5.41, 5.74) is 4.46. The van der Waals surface area contributed by atoms with Gasteiger partial charge in [-0.2, -0.15) is 0 Å². The van der Waals surface area contributed by atoms with Gasteiger partial charge in [0.15, 0.2) is 0 Å². The summed E-state index contributed by atoms with van der Waals surface area (Å²) in [6.45, 7) is 1.98. The van der Waals surface area contributed by atoms with Crippen LogP contribution in [0.2, 0.25) is 0 Å². The lowest BCUT2D eigenvalue weighted by Crippen LogP contribution is -2.34. The molecule has 1 unspecified atom stereocenters. The van der Waals surface area contributed by atoms with Crippen LogP contribution in [0.25, 0.3) is 33.3 Å². The Bertz CT molecular complexity index is 1340. The highest BCUT2D eigenvalue weighted by molar-refractivity contribution is 6.13. The van der Waals surface area contributed by atoms with E-state index in [0.717, 1.165) is 11.1 Å². The van der Waals surface area contributed by atoms with Gasteiger partial charge >= 0.3 is 12.0 Å². The number of rotatable bonds is 7. The molecule has 4 aromatic rings. The molecule has 7 heteroatoms. The number of carbonyl (C=O) groups is 2. The first-order chi connectivity index (χ1) is 17.0. The molecule has 178 valence electrons. The van der Waals surface area contributed by atoms with Crippen molar-refractivity contribution in [2.45, 2.75) is 19.4 Å². The predicted molar refractivity (Wildman–Crippen MR) is 137 cm³/mol. The molecule has 1 heterocycles. The van der Waals surface area contributed by atoms with E-state index in [2.05, 4.69) is 10.6 Å². The number of aromatic nitrogens is 1. The standard InChI is InChI=1S/C28H27N3O4/c1-3-21(32)17-29-28(34)30-20-14-15-23-22(16-20)25(27(33)35-2)24(18-10-6-4-7-11-18)26(31-23)19-12-8-5-9-13-19/h4-16,21,32H,3,17H2,1-2H3,(H2,29,30,34). The van der Waals surface area contributed by atoms with E-state index in [0.29, 0.717) is 39.8 Å². The third-order valence-corrected chi connectivity index (χ3v) is 5.71. The van der Waals surface area contributed by atoms with Crippen LogP contribution in [0.4, 0.5) is 10.5 Å². The van der Waals surface area contributed by atoms with E-state index in [1.807, 2.05) is 67.6 Å². The Morgan fingerprint density at radius 1 is 0.971 bits per heavy atom. The van der Waals surface area contributed by atoms with Crippen molar-refractivity contribution in [2.75, 3.05) is 19.0 Å². The Hall–Kier alpha value is -4.23. The number of hydrogen-bond acceptors (Lipinski definition) is 5. The number of nitrogens with zero attached hydrogens (tertiary/aromatic N) is 1. The number of methoxy groups -OCH3 is 1. The highest BCUT2D eigenvalue weighted by Gasteiger charge is 2.24. The third-order valence-electron chi connectivity index (χ3n) is 5.71. The average molecular weight is 470 g/mol. The van der Waals surface area contributed by atoms with Crippen molar-refractivity contribution in [3.8, 4) is 22.4 Å². The fourth-order valence-electron chi connectivity index (χ4n) is 3.88. The lowest BCUT2D eigenvalue weighted by molar-refractivity contribution is 0.0604. The number of urea groups is 1. The fraction of sp³-hybridized carbons (Fsp3) is 0.179. The second kappa shape index (κ2) is 10.8. The van der Waals surface area contributed by atoms with Crippen molar-refractivity contribution in [2.24, 2.45) is 0 Å². The molecule has 0 fully saturated rings. The van der Waals surface area contributed by atoms with E-state index in [1.165, 1.54) is 7.11 Å². The van der Waals surface area contributed by atoms with Crippen molar-refractivity contribution in [3.05, 3.63) is 84.4 Å². The lowest BCUT2D eigenvalue weighted by Gasteiger charge is -2.17. The minimum absolute atomic E-state index is 0.142. The van der Waals surface area contributed by atoms with Crippen LogP contribution in [0, 0.1) is 0 Å². The van der Waals surface area contributed by atoms with E-state index >= 15 is 0 Å². The fourth-order valence-corrected chi connectivity index (χ4v) is 3.88. The van der Waals surface area contributed by atoms with Gasteiger partial charge in [-0.1, -0.05) is 67.6 Å². The van der Waals surface area contributed by atoms with Gasteiger partial charge in [0.1, 0.15) is 0 Å². The summed E-state index contributed by atoms with van der Waals surface area (Å²) in [4.78, 5) is 30.4. The number of fused-ring (bicyclic) bond motifs is 1. The topological polar surface area (TPSA) is 101 Å². The highest BCUT2D eigenvalue weighted by atomic mass is 16.5. The molecule has 1 aromatic heterocycles. The van der Waals surface area contributed by atoms with Gasteiger partial charge in [0.05, 0.1) is 30.0 Å².